The van der Waals surface area contributed by atoms with Crippen LogP contribution in [0.2, 0.25) is 0 Å². The molecule has 2 aromatic carbocycles. The van der Waals surface area contributed by atoms with Gasteiger partial charge in [-0.25, -0.2) is 0 Å². The van der Waals surface area contributed by atoms with Gasteiger partial charge in [-0.2, -0.15) is 0 Å². The summed E-state index contributed by atoms with van der Waals surface area (Å²) in [4.78, 5) is 0. The Kier molecular flexibility index (Phi) is 3.30. The standard InChI is InChI=1S/C18H15BBrN/c20-17-6-3-7-18-16(17)12-19-21(18)11-10-14-9-8-13-4-1-2-5-15(13)14/h1-9,12,14H,10-11H2. The van der Waals surface area contributed by atoms with Crippen molar-refractivity contribution in [1.29, 1.82) is 0 Å². The van der Waals surface area contributed by atoms with Crippen LogP contribution in [0.15, 0.2) is 59.0 Å². The molecule has 0 bridgehead atoms. The van der Waals surface area contributed by atoms with Crippen LogP contribution in [-0.2, 0) is 6.54 Å². The van der Waals surface area contributed by atoms with Crippen molar-refractivity contribution >= 4 is 40.0 Å². The first-order chi connectivity index (χ1) is 10.3. The molecular weight excluding hydrogens is 321 g/mol. The first-order valence-corrected chi connectivity index (χ1v) is 8.13. The molecule has 0 fully saturated rings. The topological polar surface area (TPSA) is 4.93 Å². The Morgan fingerprint density at radius 2 is 2.00 bits per heavy atom. The maximum atomic E-state index is 3.62. The molecule has 3 aromatic rings. The van der Waals surface area contributed by atoms with Crippen LogP contribution in [0, 0.1) is 0 Å². The van der Waals surface area contributed by atoms with E-state index in [9.17, 15) is 0 Å². The van der Waals surface area contributed by atoms with Crippen LogP contribution in [0.3, 0.4) is 0 Å². The van der Waals surface area contributed by atoms with Gasteiger partial charge in [0, 0.05) is 0 Å². The molecular formula is C18H15BBrN. The van der Waals surface area contributed by atoms with Gasteiger partial charge in [-0.1, -0.05) is 0 Å². The van der Waals surface area contributed by atoms with Crippen LogP contribution in [0.5, 0.6) is 0 Å². The Labute approximate surface area is 133 Å². The molecule has 0 amide bonds. The third-order valence-corrected chi connectivity index (χ3v) is 5.04. The number of hydrogen-bond donors (Lipinski definition) is 0. The van der Waals surface area contributed by atoms with Crippen molar-refractivity contribution in [2.45, 2.75) is 18.9 Å². The van der Waals surface area contributed by atoms with E-state index < -0.39 is 0 Å². The van der Waals surface area contributed by atoms with Crippen molar-refractivity contribution in [2.75, 3.05) is 0 Å². The molecule has 0 saturated heterocycles. The molecule has 4 rings (SSSR count). The Morgan fingerprint density at radius 1 is 1.10 bits per heavy atom. The van der Waals surface area contributed by atoms with Gasteiger partial charge in [0.05, 0.1) is 0 Å². The Hall–Kier alpha value is -1.61. The maximum absolute atomic E-state index is 3.62. The van der Waals surface area contributed by atoms with E-state index in [0.29, 0.717) is 5.92 Å². The number of fused-ring (bicyclic) bond motifs is 2. The third kappa shape index (κ3) is 2.30. The summed E-state index contributed by atoms with van der Waals surface area (Å²) < 4.78 is 3.53. The SMILES string of the molecule is Brc1cccc2c1cbn2CCC1C=Cc2ccccc21. The molecule has 1 nitrogen and oxygen atoms in total. The van der Waals surface area contributed by atoms with Gasteiger partial charge in [-0.05, 0) is 0 Å². The molecule has 0 radical (unpaired) electrons. The second-order valence-electron chi connectivity index (χ2n) is 5.56. The first-order valence-electron chi connectivity index (χ1n) is 7.33. The number of halogens is 1. The number of benzene rings is 2. The fourth-order valence-corrected chi connectivity index (χ4v) is 3.72. The van der Waals surface area contributed by atoms with Gasteiger partial charge in [-0.3, -0.25) is 0 Å². The number of nitrogens with zero attached hydrogens (tertiary/aromatic N) is 1. The fourth-order valence-electron chi connectivity index (χ4n) is 3.23. The Morgan fingerprint density at radius 3 is 2.95 bits per heavy atom. The van der Waals surface area contributed by atoms with Crippen molar-refractivity contribution in [2.24, 2.45) is 0 Å². The summed E-state index contributed by atoms with van der Waals surface area (Å²) in [5.41, 5.74) is 4.15. The van der Waals surface area contributed by atoms with E-state index in [1.165, 1.54) is 26.5 Å². The normalized spacial score (nSPS) is 16.3. The van der Waals surface area contributed by atoms with E-state index >= 15 is 0 Å². The number of aryl methyl sites for hydroxylation is 1. The zero-order valence-corrected chi connectivity index (χ0v) is 13.3. The summed E-state index contributed by atoms with van der Waals surface area (Å²) in [6.07, 6.45) is 5.74. The summed E-state index contributed by atoms with van der Waals surface area (Å²) in [5.74, 6) is 2.74. The number of allylic oxidation sites excluding steroid dienone is 1. The zero-order chi connectivity index (χ0) is 14.2. The fraction of sp³-hybridized carbons (Fsp3) is 0.167. The average molecular weight is 336 g/mol. The summed E-state index contributed by atoms with van der Waals surface area (Å²) in [6.45, 7) is 1.04. The number of rotatable bonds is 3. The van der Waals surface area contributed by atoms with Crippen LogP contribution >= 0.6 is 15.9 Å². The summed E-state index contributed by atoms with van der Waals surface area (Å²) >= 11 is 3.62. The predicted molar refractivity (Wildman–Crippen MR) is 93.8 cm³/mol. The minimum atomic E-state index is 0.547. The summed E-state index contributed by atoms with van der Waals surface area (Å²) in [7, 11) is 2.19. The first kappa shape index (κ1) is 13.1. The minimum absolute atomic E-state index is 0.547. The Balaban J connectivity index is 1.57. The van der Waals surface area contributed by atoms with Crippen LogP contribution in [0.25, 0.3) is 17.0 Å². The molecule has 0 N–H and O–H groups in total. The van der Waals surface area contributed by atoms with Gasteiger partial charge >= 0.3 is 133 Å². The molecule has 102 valence electrons. The van der Waals surface area contributed by atoms with Gasteiger partial charge in [0.2, 0.25) is 0 Å². The quantitative estimate of drug-likeness (QED) is 0.638. The van der Waals surface area contributed by atoms with Crippen LogP contribution in [-0.4, -0.2) is 11.5 Å². The van der Waals surface area contributed by atoms with Gasteiger partial charge in [0.25, 0.3) is 0 Å². The van der Waals surface area contributed by atoms with Crippen molar-refractivity contribution < 1.29 is 0 Å². The van der Waals surface area contributed by atoms with Gasteiger partial charge in [0.15, 0.2) is 0 Å². The van der Waals surface area contributed by atoms with E-state index in [0.717, 1.165) is 13.0 Å². The number of hydrogen-bond acceptors (Lipinski definition) is 0. The molecule has 0 saturated carbocycles. The van der Waals surface area contributed by atoms with E-state index in [4.69, 9.17) is 0 Å². The van der Waals surface area contributed by atoms with Crippen LogP contribution < -0.4 is 0 Å². The second-order valence-corrected chi connectivity index (χ2v) is 6.42. The molecule has 0 aliphatic heterocycles. The van der Waals surface area contributed by atoms with Gasteiger partial charge < -0.3 is 0 Å². The van der Waals surface area contributed by atoms with E-state index in [1.807, 2.05) is 0 Å². The molecule has 1 unspecified atom stereocenters. The Bertz CT molecular complexity index is 834. The second kappa shape index (κ2) is 5.30. The third-order valence-electron chi connectivity index (χ3n) is 4.35. The molecule has 1 heterocycles. The number of aromatic nitrogens is 1. The molecule has 1 aromatic heterocycles. The predicted octanol–water partition coefficient (Wildman–Crippen LogP) is 4.94. The monoisotopic (exact) mass is 335 g/mol. The molecule has 1 aliphatic rings. The zero-order valence-electron chi connectivity index (χ0n) is 11.7. The van der Waals surface area contributed by atoms with Crippen LogP contribution in [0.1, 0.15) is 23.5 Å². The van der Waals surface area contributed by atoms with Crippen molar-refractivity contribution in [3.8, 4) is 0 Å². The van der Waals surface area contributed by atoms with E-state index in [1.54, 1.807) is 0 Å². The van der Waals surface area contributed by atoms with Crippen molar-refractivity contribution in [1.82, 2.24) is 4.47 Å². The van der Waals surface area contributed by atoms with Crippen molar-refractivity contribution in [3.05, 3.63) is 70.1 Å². The average Bonchev–Trinajstić information content (AvgIpc) is 3.10. The van der Waals surface area contributed by atoms with Gasteiger partial charge in [0.1, 0.15) is 0 Å². The molecule has 3 heteroatoms. The van der Waals surface area contributed by atoms with Gasteiger partial charge in [-0.15, -0.1) is 0 Å². The molecule has 0 spiro atoms. The van der Waals surface area contributed by atoms with Crippen molar-refractivity contribution in [3.63, 3.8) is 0 Å². The van der Waals surface area contributed by atoms with E-state index in [-0.39, 0.29) is 0 Å². The van der Waals surface area contributed by atoms with Crippen LogP contribution in [0.4, 0.5) is 0 Å². The summed E-state index contributed by atoms with van der Waals surface area (Å²) in [6, 6.07) is 15.1. The summed E-state index contributed by atoms with van der Waals surface area (Å²) in [5, 5.41) is 1.29. The molecule has 1 atom stereocenters. The molecule has 1 aliphatic carbocycles. The van der Waals surface area contributed by atoms with E-state index in [2.05, 4.69) is 88.0 Å². The molecule has 21 heavy (non-hydrogen) atoms.